The maximum absolute atomic E-state index is 10.4. The third-order valence-corrected chi connectivity index (χ3v) is 3.21. The number of aliphatic hydroxyl groups excluding tert-OH is 1. The highest BCUT2D eigenvalue weighted by atomic mass is 35.5. The monoisotopic (exact) mass is 282 g/mol. The maximum atomic E-state index is 10.4. The Bertz CT molecular complexity index is 564. The van der Waals surface area contributed by atoms with E-state index >= 15 is 0 Å². The molecule has 0 saturated carbocycles. The first-order chi connectivity index (χ1) is 9.08. The number of rotatable bonds is 4. The number of nitrogens with zero attached hydrogens (tertiary/aromatic N) is 2. The molecule has 0 fully saturated rings. The summed E-state index contributed by atoms with van der Waals surface area (Å²) >= 11 is 6.02. The van der Waals surface area contributed by atoms with Gasteiger partial charge in [0.15, 0.2) is 11.5 Å². The molecule has 2 rings (SSSR count). The van der Waals surface area contributed by atoms with E-state index in [9.17, 15) is 5.11 Å². The van der Waals surface area contributed by atoms with Gasteiger partial charge in [0, 0.05) is 7.05 Å². The summed E-state index contributed by atoms with van der Waals surface area (Å²) in [6, 6.07) is 5.21. The second-order valence-electron chi connectivity index (χ2n) is 4.02. The molecular formula is C13H15ClN2O3. The molecule has 1 unspecified atom stereocenters. The lowest BCUT2D eigenvalue weighted by atomic mass is 10.1. The fourth-order valence-electron chi connectivity index (χ4n) is 1.91. The van der Waals surface area contributed by atoms with Crippen molar-refractivity contribution < 1.29 is 14.6 Å². The van der Waals surface area contributed by atoms with E-state index in [2.05, 4.69) is 5.10 Å². The van der Waals surface area contributed by atoms with Crippen LogP contribution < -0.4 is 9.47 Å². The van der Waals surface area contributed by atoms with Crippen molar-refractivity contribution in [1.82, 2.24) is 9.78 Å². The van der Waals surface area contributed by atoms with E-state index in [1.165, 1.54) is 6.20 Å². The number of halogens is 1. The average Bonchev–Trinajstić information content (AvgIpc) is 2.76. The molecule has 0 aliphatic carbocycles. The minimum absolute atomic E-state index is 0.421. The normalized spacial score (nSPS) is 12.3. The summed E-state index contributed by atoms with van der Waals surface area (Å²) in [4.78, 5) is 0. The van der Waals surface area contributed by atoms with Crippen molar-refractivity contribution in [2.24, 2.45) is 7.05 Å². The Balaban J connectivity index is 2.42. The summed E-state index contributed by atoms with van der Waals surface area (Å²) in [7, 11) is 4.84. The van der Waals surface area contributed by atoms with Gasteiger partial charge in [-0.15, -0.1) is 0 Å². The minimum atomic E-state index is -0.875. The van der Waals surface area contributed by atoms with Gasteiger partial charge < -0.3 is 14.6 Å². The Morgan fingerprint density at radius 2 is 1.95 bits per heavy atom. The smallest absolute Gasteiger partial charge is 0.161 e. The molecule has 0 aliphatic rings. The third kappa shape index (κ3) is 2.52. The van der Waals surface area contributed by atoms with Gasteiger partial charge in [0.1, 0.15) is 6.10 Å². The van der Waals surface area contributed by atoms with Crippen molar-refractivity contribution in [2.45, 2.75) is 6.10 Å². The number of aromatic nitrogens is 2. The summed E-state index contributed by atoms with van der Waals surface area (Å²) in [5.41, 5.74) is 1.19. The van der Waals surface area contributed by atoms with E-state index in [4.69, 9.17) is 21.1 Å². The van der Waals surface area contributed by atoms with Crippen LogP contribution in [0.15, 0.2) is 24.4 Å². The fourth-order valence-corrected chi connectivity index (χ4v) is 2.18. The van der Waals surface area contributed by atoms with Crippen LogP contribution in [0.5, 0.6) is 11.5 Å². The highest BCUT2D eigenvalue weighted by Gasteiger charge is 2.19. The van der Waals surface area contributed by atoms with Crippen LogP contribution in [0.25, 0.3) is 0 Å². The summed E-state index contributed by atoms with van der Waals surface area (Å²) in [6.45, 7) is 0. The van der Waals surface area contributed by atoms with Gasteiger partial charge in [-0.2, -0.15) is 5.10 Å². The van der Waals surface area contributed by atoms with Crippen LogP contribution >= 0.6 is 11.6 Å². The van der Waals surface area contributed by atoms with Crippen LogP contribution in [0.1, 0.15) is 17.4 Å². The van der Waals surface area contributed by atoms with Gasteiger partial charge in [-0.05, 0) is 17.7 Å². The number of benzene rings is 1. The van der Waals surface area contributed by atoms with Crippen LogP contribution in [0, 0.1) is 0 Å². The van der Waals surface area contributed by atoms with Gasteiger partial charge in [-0.25, -0.2) is 0 Å². The van der Waals surface area contributed by atoms with Crippen LogP contribution in [-0.2, 0) is 7.05 Å². The van der Waals surface area contributed by atoms with Gasteiger partial charge in [-0.1, -0.05) is 17.7 Å². The van der Waals surface area contributed by atoms with Crippen LogP contribution in [0.3, 0.4) is 0 Å². The van der Waals surface area contributed by atoms with Crippen molar-refractivity contribution in [3.8, 4) is 11.5 Å². The average molecular weight is 283 g/mol. The topological polar surface area (TPSA) is 56.5 Å². The van der Waals surface area contributed by atoms with E-state index in [-0.39, 0.29) is 0 Å². The molecule has 0 spiro atoms. The molecule has 2 aromatic rings. The van der Waals surface area contributed by atoms with Crippen LogP contribution in [0.4, 0.5) is 0 Å². The molecule has 5 nitrogen and oxygen atoms in total. The largest absolute Gasteiger partial charge is 0.493 e. The van der Waals surface area contributed by atoms with Crippen molar-refractivity contribution in [3.63, 3.8) is 0 Å². The maximum Gasteiger partial charge on any atom is 0.161 e. The first-order valence-electron chi connectivity index (χ1n) is 5.66. The molecule has 0 bridgehead atoms. The second-order valence-corrected chi connectivity index (χ2v) is 4.43. The van der Waals surface area contributed by atoms with E-state index < -0.39 is 6.10 Å². The van der Waals surface area contributed by atoms with Crippen molar-refractivity contribution in [1.29, 1.82) is 0 Å². The molecule has 1 aromatic heterocycles. The molecule has 1 N–H and O–H groups in total. The highest BCUT2D eigenvalue weighted by molar-refractivity contribution is 6.31. The third-order valence-electron chi connectivity index (χ3n) is 2.92. The summed E-state index contributed by atoms with van der Waals surface area (Å²) in [5.74, 6) is 1.16. The van der Waals surface area contributed by atoms with Crippen molar-refractivity contribution in [3.05, 3.63) is 40.7 Å². The molecule has 19 heavy (non-hydrogen) atoms. The Morgan fingerprint density at radius 3 is 2.47 bits per heavy atom. The zero-order chi connectivity index (χ0) is 14.0. The quantitative estimate of drug-likeness (QED) is 0.934. The lowest BCUT2D eigenvalue weighted by Crippen LogP contribution is -2.07. The standard InChI is InChI=1S/C13H15ClN2O3/c1-16-12(9(14)7-15-16)13(17)8-4-5-10(18-2)11(6-8)19-3/h4-7,13,17H,1-3H3. The van der Waals surface area contributed by atoms with Crippen molar-refractivity contribution in [2.75, 3.05) is 14.2 Å². The molecule has 1 heterocycles. The molecule has 0 saturated heterocycles. The van der Waals surface area contributed by atoms with E-state index in [0.717, 1.165) is 0 Å². The van der Waals surface area contributed by atoms with Crippen LogP contribution in [-0.4, -0.2) is 29.1 Å². The number of ether oxygens (including phenoxy) is 2. The lowest BCUT2D eigenvalue weighted by Gasteiger charge is -2.15. The zero-order valence-corrected chi connectivity index (χ0v) is 11.7. The molecule has 1 atom stereocenters. The first-order valence-corrected chi connectivity index (χ1v) is 6.03. The SMILES string of the molecule is COc1ccc(C(O)c2c(Cl)cnn2C)cc1OC. The molecule has 1 aromatic carbocycles. The van der Waals surface area contributed by atoms with E-state index in [0.29, 0.717) is 27.8 Å². The van der Waals surface area contributed by atoms with Crippen molar-refractivity contribution >= 4 is 11.6 Å². The Labute approximate surface area is 116 Å². The number of hydrogen-bond donors (Lipinski definition) is 1. The number of aliphatic hydroxyl groups is 1. The highest BCUT2D eigenvalue weighted by Crippen LogP contribution is 2.33. The van der Waals surface area contributed by atoms with Gasteiger partial charge in [0.25, 0.3) is 0 Å². The van der Waals surface area contributed by atoms with Gasteiger partial charge in [-0.3, -0.25) is 4.68 Å². The predicted octanol–water partition coefficient (Wildman–Crippen LogP) is 2.17. The van der Waals surface area contributed by atoms with Gasteiger partial charge in [0.05, 0.1) is 31.1 Å². The number of aryl methyl sites for hydroxylation is 1. The van der Waals surface area contributed by atoms with Gasteiger partial charge >= 0.3 is 0 Å². The number of hydrogen-bond acceptors (Lipinski definition) is 4. The van der Waals surface area contributed by atoms with E-state index in [1.807, 2.05) is 0 Å². The summed E-state index contributed by atoms with van der Waals surface area (Å²) < 4.78 is 11.9. The Hall–Kier alpha value is -1.72. The summed E-state index contributed by atoms with van der Waals surface area (Å²) in [5, 5.41) is 14.8. The zero-order valence-electron chi connectivity index (χ0n) is 10.9. The summed E-state index contributed by atoms with van der Waals surface area (Å²) in [6.07, 6.45) is 0.626. The lowest BCUT2D eigenvalue weighted by molar-refractivity contribution is 0.209. The minimum Gasteiger partial charge on any atom is -0.493 e. The molecule has 0 amide bonds. The number of methoxy groups -OCH3 is 2. The van der Waals surface area contributed by atoms with Crippen LogP contribution in [0.2, 0.25) is 5.02 Å². The second kappa shape index (κ2) is 5.50. The molecule has 6 heteroatoms. The fraction of sp³-hybridized carbons (Fsp3) is 0.308. The van der Waals surface area contributed by atoms with E-state index in [1.54, 1.807) is 44.1 Å². The molecule has 102 valence electrons. The first kappa shape index (κ1) is 13.7. The predicted molar refractivity (Wildman–Crippen MR) is 71.8 cm³/mol. The molecular weight excluding hydrogens is 268 g/mol. The Morgan fingerprint density at radius 1 is 1.26 bits per heavy atom. The molecule has 0 aliphatic heterocycles. The molecule has 0 radical (unpaired) electrons. The van der Waals surface area contributed by atoms with Gasteiger partial charge in [0.2, 0.25) is 0 Å². The Kier molecular flexibility index (Phi) is 3.97.